The maximum absolute atomic E-state index is 14.1. The molecule has 2 aromatic rings. The van der Waals surface area contributed by atoms with Crippen LogP contribution in [0.2, 0.25) is 0 Å². The van der Waals surface area contributed by atoms with Crippen molar-refractivity contribution >= 4 is 35.8 Å². The molecule has 54 heavy (non-hydrogen) atoms. The lowest BCUT2D eigenvalue weighted by atomic mass is 9.85. The van der Waals surface area contributed by atoms with Crippen molar-refractivity contribution in [2.24, 2.45) is 11.3 Å². The van der Waals surface area contributed by atoms with Gasteiger partial charge in [-0.1, -0.05) is 95.3 Å². The van der Waals surface area contributed by atoms with Gasteiger partial charge in [-0.25, -0.2) is 9.59 Å². The molecule has 3 rings (SSSR count). The van der Waals surface area contributed by atoms with E-state index in [4.69, 9.17) is 14.2 Å². The highest BCUT2D eigenvalue weighted by Crippen LogP contribution is 2.26. The van der Waals surface area contributed by atoms with Crippen molar-refractivity contribution in [2.75, 3.05) is 6.54 Å². The Morgan fingerprint density at radius 3 is 1.87 bits per heavy atom. The molecule has 0 aliphatic carbocycles. The number of likely N-dealkylation sites (tertiary alicyclic amines) is 1. The fraction of sp³-hybridized carbons (Fsp3) is 0.561. The van der Waals surface area contributed by atoms with Gasteiger partial charge in [0.2, 0.25) is 17.7 Å². The molecule has 296 valence electrons. The zero-order valence-corrected chi connectivity index (χ0v) is 32.9. The van der Waals surface area contributed by atoms with Crippen LogP contribution in [0.5, 0.6) is 0 Å². The van der Waals surface area contributed by atoms with E-state index in [9.17, 15) is 28.8 Å². The van der Waals surface area contributed by atoms with Crippen molar-refractivity contribution in [3.8, 4) is 0 Å². The van der Waals surface area contributed by atoms with Crippen LogP contribution in [0.1, 0.15) is 98.6 Å². The number of rotatable bonds is 15. The summed E-state index contributed by atoms with van der Waals surface area (Å²) in [6.45, 7) is 14.5. The second kappa shape index (κ2) is 19.9. The summed E-state index contributed by atoms with van der Waals surface area (Å²) in [5.41, 5.74) is -0.0433. The molecule has 4 amide bonds. The lowest BCUT2D eigenvalue weighted by Crippen LogP contribution is -2.62. The van der Waals surface area contributed by atoms with Gasteiger partial charge in [-0.05, 0) is 68.9 Å². The number of benzene rings is 2. The van der Waals surface area contributed by atoms with Gasteiger partial charge in [-0.2, -0.15) is 0 Å². The molecular weight excluding hydrogens is 692 g/mol. The molecule has 0 bridgehead atoms. The summed E-state index contributed by atoms with van der Waals surface area (Å²) in [4.78, 5) is 82.8. The number of ether oxygens (including phenoxy) is 3. The molecule has 0 unspecified atom stereocenters. The van der Waals surface area contributed by atoms with Crippen molar-refractivity contribution in [3.05, 3.63) is 71.8 Å². The summed E-state index contributed by atoms with van der Waals surface area (Å²) in [5.74, 6) is -3.35. The largest absolute Gasteiger partial charge is 0.461 e. The number of alkyl carbamates (subject to hydrolysis) is 1. The highest BCUT2D eigenvalue weighted by Gasteiger charge is 2.42. The first kappa shape index (κ1) is 43.5. The highest BCUT2D eigenvalue weighted by atomic mass is 16.6. The van der Waals surface area contributed by atoms with Gasteiger partial charge in [0.05, 0.1) is 6.42 Å². The summed E-state index contributed by atoms with van der Waals surface area (Å²) in [7, 11) is 0. The summed E-state index contributed by atoms with van der Waals surface area (Å²) in [6.07, 6.45) is 0.469. The molecule has 0 radical (unpaired) electrons. The lowest BCUT2D eigenvalue weighted by Gasteiger charge is -2.40. The number of amides is 4. The van der Waals surface area contributed by atoms with E-state index in [0.717, 1.165) is 11.1 Å². The number of nitrogens with zero attached hydrogens (tertiary/aromatic N) is 1. The van der Waals surface area contributed by atoms with Gasteiger partial charge < -0.3 is 35.1 Å². The SMILES string of the molecule is CC(C)C[C@H](NC(=O)[C@H](CC(=O)OCc1ccccc1)NC(=O)[C@@H]1CCCCN1C(=O)[C@@H](NC(=O)OC(C)(C)C)C(C)(C)C)C(=O)OCc1ccccc1. The molecule has 2 aromatic carbocycles. The third-order valence-corrected chi connectivity index (χ3v) is 8.64. The molecular formula is C41H58N4O9. The van der Waals surface area contributed by atoms with E-state index in [2.05, 4.69) is 16.0 Å². The Bertz CT molecular complexity index is 1570. The first-order valence-electron chi connectivity index (χ1n) is 18.6. The molecule has 1 saturated heterocycles. The minimum Gasteiger partial charge on any atom is -0.461 e. The van der Waals surface area contributed by atoms with E-state index in [1.54, 1.807) is 65.8 Å². The van der Waals surface area contributed by atoms with Crippen LogP contribution in [-0.2, 0) is 51.4 Å². The molecule has 1 heterocycles. The summed E-state index contributed by atoms with van der Waals surface area (Å²) < 4.78 is 16.4. The topological polar surface area (TPSA) is 169 Å². The predicted molar refractivity (Wildman–Crippen MR) is 202 cm³/mol. The Balaban J connectivity index is 1.84. The number of nitrogens with one attached hydrogen (secondary N) is 3. The van der Waals surface area contributed by atoms with Crippen molar-refractivity contribution in [1.82, 2.24) is 20.9 Å². The average molecular weight is 751 g/mol. The molecule has 1 fully saturated rings. The maximum Gasteiger partial charge on any atom is 0.408 e. The molecule has 1 aliphatic rings. The number of hydrogen-bond acceptors (Lipinski definition) is 9. The Hall–Kier alpha value is -4.94. The summed E-state index contributed by atoms with van der Waals surface area (Å²) in [6, 6.07) is 13.6. The minimum atomic E-state index is -1.45. The minimum absolute atomic E-state index is 0.00000306. The van der Waals surface area contributed by atoms with Crippen LogP contribution in [0, 0.1) is 11.3 Å². The van der Waals surface area contributed by atoms with E-state index in [1.165, 1.54) is 4.90 Å². The zero-order valence-electron chi connectivity index (χ0n) is 32.9. The normalized spacial score (nSPS) is 16.3. The van der Waals surface area contributed by atoms with Crippen molar-refractivity contribution in [2.45, 2.75) is 130 Å². The van der Waals surface area contributed by atoms with E-state index in [-0.39, 0.29) is 38.5 Å². The Labute approximate surface area is 319 Å². The van der Waals surface area contributed by atoms with Crippen LogP contribution in [-0.4, -0.2) is 77.0 Å². The summed E-state index contributed by atoms with van der Waals surface area (Å²) >= 11 is 0. The van der Waals surface area contributed by atoms with Gasteiger partial charge in [-0.15, -0.1) is 0 Å². The Morgan fingerprint density at radius 2 is 1.33 bits per heavy atom. The Morgan fingerprint density at radius 1 is 0.759 bits per heavy atom. The molecule has 3 N–H and O–H groups in total. The first-order chi connectivity index (χ1) is 25.3. The molecule has 0 spiro atoms. The van der Waals surface area contributed by atoms with E-state index in [1.807, 2.05) is 50.2 Å². The van der Waals surface area contributed by atoms with E-state index in [0.29, 0.717) is 12.8 Å². The monoisotopic (exact) mass is 750 g/mol. The van der Waals surface area contributed by atoms with Crippen LogP contribution in [0.15, 0.2) is 60.7 Å². The molecule has 4 atom stereocenters. The number of esters is 2. The smallest absolute Gasteiger partial charge is 0.408 e. The van der Waals surface area contributed by atoms with Crippen LogP contribution < -0.4 is 16.0 Å². The standard InChI is InChI=1S/C41H58N4O9/c1-27(2)23-31(38(50)53-26-29-19-13-10-14-20-29)43-35(47)30(24-33(46)52-25-28-17-11-9-12-18-28)42-36(48)32-21-15-16-22-45(32)37(49)34(40(3,4)5)44-39(51)54-41(6,7)8/h9-14,17-20,27,30-32,34H,15-16,21-26H2,1-8H3,(H,42,48)(H,43,47)(H,44,51)/t30-,31-,32-,34+/m0/s1. The third kappa shape index (κ3) is 14.5. The fourth-order valence-corrected chi connectivity index (χ4v) is 5.94. The van der Waals surface area contributed by atoms with Gasteiger partial charge in [0.1, 0.15) is 43.0 Å². The molecule has 0 aromatic heterocycles. The number of hydrogen-bond donors (Lipinski definition) is 3. The predicted octanol–water partition coefficient (Wildman–Crippen LogP) is 5.20. The van der Waals surface area contributed by atoms with Crippen molar-refractivity contribution in [1.29, 1.82) is 0 Å². The second-order valence-electron chi connectivity index (χ2n) is 16.2. The third-order valence-electron chi connectivity index (χ3n) is 8.64. The van der Waals surface area contributed by atoms with Crippen LogP contribution in [0.25, 0.3) is 0 Å². The van der Waals surface area contributed by atoms with Gasteiger partial charge in [0, 0.05) is 6.54 Å². The Kier molecular flexibility index (Phi) is 16.0. The zero-order chi connectivity index (χ0) is 40.1. The molecule has 13 heteroatoms. The number of piperidine rings is 1. The molecule has 13 nitrogen and oxygen atoms in total. The highest BCUT2D eigenvalue weighted by molar-refractivity contribution is 5.96. The van der Waals surface area contributed by atoms with Gasteiger partial charge in [0.25, 0.3) is 0 Å². The van der Waals surface area contributed by atoms with E-state index >= 15 is 0 Å². The average Bonchev–Trinajstić information content (AvgIpc) is 3.10. The van der Waals surface area contributed by atoms with Gasteiger partial charge >= 0.3 is 18.0 Å². The van der Waals surface area contributed by atoms with E-state index < -0.39 is 77.4 Å². The lowest BCUT2D eigenvalue weighted by molar-refractivity contribution is -0.151. The van der Waals surface area contributed by atoms with Crippen molar-refractivity contribution in [3.63, 3.8) is 0 Å². The molecule has 0 saturated carbocycles. The van der Waals surface area contributed by atoms with Gasteiger partial charge in [0.15, 0.2) is 0 Å². The van der Waals surface area contributed by atoms with Crippen LogP contribution in [0.4, 0.5) is 4.79 Å². The quantitative estimate of drug-likeness (QED) is 0.164. The van der Waals surface area contributed by atoms with Gasteiger partial charge in [-0.3, -0.25) is 19.2 Å². The van der Waals surface area contributed by atoms with Crippen LogP contribution >= 0.6 is 0 Å². The summed E-state index contributed by atoms with van der Waals surface area (Å²) in [5, 5.41) is 8.10. The van der Waals surface area contributed by atoms with Crippen molar-refractivity contribution < 1.29 is 43.0 Å². The fourth-order valence-electron chi connectivity index (χ4n) is 5.94. The number of carbonyl (C=O) groups excluding carboxylic acids is 6. The van der Waals surface area contributed by atoms with Crippen LogP contribution in [0.3, 0.4) is 0 Å². The first-order valence-corrected chi connectivity index (χ1v) is 18.6. The second-order valence-corrected chi connectivity index (χ2v) is 16.2. The number of carbonyl (C=O) groups is 6. The molecule has 1 aliphatic heterocycles. The maximum atomic E-state index is 14.1.